The lowest BCUT2D eigenvalue weighted by atomic mass is 9.66. The van der Waals surface area contributed by atoms with E-state index < -0.39 is 34.2 Å². The molecule has 0 N–H and O–H groups in total. The van der Waals surface area contributed by atoms with E-state index in [0.717, 1.165) is 22.6 Å². The number of hydrogen-bond donors (Lipinski definition) is 0. The Balaban J connectivity index is 0.000000199. The predicted molar refractivity (Wildman–Crippen MR) is 253 cm³/mol. The van der Waals surface area contributed by atoms with Crippen LogP contribution in [0, 0.1) is 18.2 Å². The van der Waals surface area contributed by atoms with Gasteiger partial charge in [-0.3, -0.25) is 19.8 Å². The van der Waals surface area contributed by atoms with E-state index >= 15 is 0 Å². The zero-order valence-corrected chi connectivity index (χ0v) is 40.4. The van der Waals surface area contributed by atoms with Crippen molar-refractivity contribution in [3.63, 3.8) is 0 Å². The topological polar surface area (TPSA) is 167 Å². The maximum absolute atomic E-state index is 14.7. The Labute approximate surface area is 400 Å². The third kappa shape index (κ3) is 11.7. The van der Waals surface area contributed by atoms with Gasteiger partial charge in [0.15, 0.2) is 11.6 Å². The molecule has 6 heterocycles. The first-order valence-corrected chi connectivity index (χ1v) is 23.8. The number of nitrogens with zero attached hydrogens (tertiary/aromatic N) is 11. The second-order valence-corrected chi connectivity index (χ2v) is 20.8. The molecule has 0 unspecified atom stereocenters. The molecule has 20 heteroatoms. The highest BCUT2D eigenvalue weighted by Gasteiger charge is 2.47. The van der Waals surface area contributed by atoms with Crippen molar-refractivity contribution in [1.82, 2.24) is 40.3 Å². The Morgan fingerprint density at radius 1 is 0.687 bits per heavy atom. The minimum atomic E-state index is -0.716. The van der Waals surface area contributed by atoms with Crippen LogP contribution in [0.3, 0.4) is 0 Å². The molecule has 0 aliphatic heterocycles. The Bertz CT molecular complexity index is 2710. The third-order valence-corrected chi connectivity index (χ3v) is 13.5. The molecule has 0 saturated heterocycles. The number of halogens is 3. The number of thiazole rings is 2. The molecule has 8 rings (SSSR count). The van der Waals surface area contributed by atoms with Crippen LogP contribution in [0.25, 0.3) is 26.2 Å². The summed E-state index contributed by atoms with van der Waals surface area (Å²) in [5.41, 5.74) is -0.794. The number of ether oxygens (including phenoxy) is 2. The van der Waals surface area contributed by atoms with Crippen molar-refractivity contribution in [2.45, 2.75) is 115 Å². The van der Waals surface area contributed by atoms with Crippen molar-refractivity contribution in [1.29, 1.82) is 0 Å². The molecule has 0 radical (unpaired) electrons. The molecule has 67 heavy (non-hydrogen) atoms. The Morgan fingerprint density at radius 2 is 1.12 bits per heavy atom. The van der Waals surface area contributed by atoms with Crippen molar-refractivity contribution in [2.24, 2.45) is 0 Å². The van der Waals surface area contributed by atoms with Crippen molar-refractivity contribution in [2.75, 3.05) is 22.9 Å². The van der Waals surface area contributed by atoms with Crippen LogP contribution in [-0.4, -0.2) is 76.8 Å². The standard InChI is InChI=1S/C24H25FN6O2S.C23H25ClFN5O2S/c1-23(2,3)33-22(32)31(15-24(10-6-11-24)20-17(25)7-5-12-27-20)19-9-8-18(29-30-19)21-28-14-16(34-21)13-26-4;1-22(2,3)32-21(31)30(14-23(9-5-10-23)19-16(25)6-4-11-26-19)18-8-7-17(28-29-18)20-27-13-15(12-24)33-20/h5,7-9,12,14H,6,10-11,13,15H2,1-3H3;4,6-8,11,13H,5,9-10,12,14H2,1-3H3. The number of carbonyl (C=O) groups excluding carboxylic acids is 2. The lowest BCUT2D eigenvalue weighted by Crippen LogP contribution is -2.50. The predicted octanol–water partition coefficient (Wildman–Crippen LogP) is 11.2. The van der Waals surface area contributed by atoms with E-state index in [2.05, 4.69) is 45.2 Å². The molecular weight excluding hydrogens is 920 g/mol. The van der Waals surface area contributed by atoms with Crippen molar-refractivity contribution < 1.29 is 27.8 Å². The van der Waals surface area contributed by atoms with Gasteiger partial charge in [0, 0.05) is 53.6 Å². The summed E-state index contributed by atoms with van der Waals surface area (Å²) >= 11 is 8.68. The van der Waals surface area contributed by atoms with E-state index in [-0.39, 0.29) is 31.3 Å². The summed E-state index contributed by atoms with van der Waals surface area (Å²) in [4.78, 5) is 51.6. The number of pyridine rings is 2. The van der Waals surface area contributed by atoms with Gasteiger partial charge < -0.3 is 14.3 Å². The molecule has 2 aliphatic rings. The zero-order valence-electron chi connectivity index (χ0n) is 38.0. The molecule has 2 amide bonds. The number of alkyl halides is 1. The largest absolute Gasteiger partial charge is 0.443 e. The smallest absolute Gasteiger partial charge is 0.416 e. The normalized spacial score (nSPS) is 14.9. The van der Waals surface area contributed by atoms with Gasteiger partial charge in [0.25, 0.3) is 0 Å². The van der Waals surface area contributed by atoms with Crippen LogP contribution in [0.1, 0.15) is 101 Å². The molecule has 0 atom stereocenters. The van der Waals surface area contributed by atoms with E-state index in [1.807, 2.05) is 0 Å². The van der Waals surface area contributed by atoms with Gasteiger partial charge in [-0.15, -0.1) is 54.7 Å². The van der Waals surface area contributed by atoms with Crippen LogP contribution in [-0.2, 0) is 32.7 Å². The lowest BCUT2D eigenvalue weighted by Gasteiger charge is -2.44. The zero-order chi connectivity index (χ0) is 48.0. The maximum atomic E-state index is 14.7. The van der Waals surface area contributed by atoms with Gasteiger partial charge in [-0.05, 0) is 116 Å². The Kier molecular flexibility index (Phi) is 14.9. The van der Waals surface area contributed by atoms with E-state index in [9.17, 15) is 18.4 Å². The molecule has 2 fully saturated rings. The van der Waals surface area contributed by atoms with Gasteiger partial charge in [-0.1, -0.05) is 12.8 Å². The summed E-state index contributed by atoms with van der Waals surface area (Å²) in [6.07, 6.45) is 10.0. The highest BCUT2D eigenvalue weighted by atomic mass is 35.5. The number of rotatable bonds is 12. The van der Waals surface area contributed by atoms with Crippen LogP contribution in [0.5, 0.6) is 0 Å². The fraction of sp³-hybridized carbons (Fsp3) is 0.426. The quantitative estimate of drug-likeness (QED) is 0.0842. The summed E-state index contributed by atoms with van der Waals surface area (Å²) in [7, 11) is 0. The average molecular weight is 971 g/mol. The maximum Gasteiger partial charge on any atom is 0.416 e. The lowest BCUT2D eigenvalue weighted by molar-refractivity contribution is 0.0547. The van der Waals surface area contributed by atoms with Gasteiger partial charge in [0.05, 0.1) is 17.3 Å². The van der Waals surface area contributed by atoms with Gasteiger partial charge in [-0.25, -0.2) is 34.9 Å². The molecule has 15 nitrogen and oxygen atoms in total. The molecule has 2 saturated carbocycles. The van der Waals surface area contributed by atoms with Gasteiger partial charge in [0.2, 0.25) is 6.54 Å². The molecule has 0 aromatic carbocycles. The molecule has 6 aromatic rings. The minimum Gasteiger partial charge on any atom is -0.443 e. The van der Waals surface area contributed by atoms with E-state index in [0.29, 0.717) is 76.0 Å². The minimum absolute atomic E-state index is 0.177. The highest BCUT2D eigenvalue weighted by molar-refractivity contribution is 7.15. The number of aromatic nitrogens is 8. The number of anilines is 2. The number of carbonyl (C=O) groups is 2. The van der Waals surface area contributed by atoms with E-state index in [1.54, 1.807) is 103 Å². The summed E-state index contributed by atoms with van der Waals surface area (Å²) in [5, 5.41) is 18.5. The van der Waals surface area contributed by atoms with Crippen LogP contribution in [0.4, 0.5) is 30.0 Å². The first-order valence-electron chi connectivity index (χ1n) is 21.6. The molecule has 0 bridgehead atoms. The molecule has 0 spiro atoms. The Hall–Kier alpha value is -6.10. The van der Waals surface area contributed by atoms with Crippen molar-refractivity contribution >= 4 is 58.1 Å². The Morgan fingerprint density at radius 3 is 1.45 bits per heavy atom. The van der Waals surface area contributed by atoms with Gasteiger partial charge in [-0.2, -0.15) is 0 Å². The van der Waals surface area contributed by atoms with Crippen LogP contribution >= 0.6 is 34.3 Å². The molecular formula is C47H50ClF2N11O4S2. The van der Waals surface area contributed by atoms with Crippen LogP contribution in [0.2, 0.25) is 0 Å². The second-order valence-electron chi connectivity index (χ2n) is 18.3. The average Bonchev–Trinajstić information content (AvgIpc) is 3.94. The fourth-order valence-electron chi connectivity index (χ4n) is 7.65. The second kappa shape index (κ2) is 20.4. The first kappa shape index (κ1) is 48.8. The first-order chi connectivity index (χ1) is 31.9. The molecule has 350 valence electrons. The summed E-state index contributed by atoms with van der Waals surface area (Å²) in [5.74, 6) is 0.249. The van der Waals surface area contributed by atoms with Crippen molar-refractivity contribution in [3.8, 4) is 21.4 Å². The van der Waals surface area contributed by atoms with E-state index in [1.165, 1.54) is 44.6 Å². The highest BCUT2D eigenvalue weighted by Crippen LogP contribution is 2.46. The van der Waals surface area contributed by atoms with Gasteiger partial charge in [0.1, 0.15) is 49.1 Å². The summed E-state index contributed by atoms with van der Waals surface area (Å²) < 4.78 is 40.6. The number of amides is 2. The fourth-order valence-corrected chi connectivity index (χ4v) is 9.41. The van der Waals surface area contributed by atoms with Crippen molar-refractivity contribution in [3.05, 3.63) is 118 Å². The monoisotopic (exact) mass is 969 g/mol. The van der Waals surface area contributed by atoms with Crippen LogP contribution < -0.4 is 9.80 Å². The van der Waals surface area contributed by atoms with E-state index in [4.69, 9.17) is 27.6 Å². The van der Waals surface area contributed by atoms with Gasteiger partial charge >= 0.3 is 12.2 Å². The SMILES string of the molecule is CC(C)(C)OC(=O)N(CC1(c2ncccc2F)CCC1)c1ccc(-c2ncc(CCl)s2)nn1.[C-]#[N+]Cc1cnc(-c2ccc(N(CC3(c4ncccc4F)CCC3)C(=O)OC(C)(C)C)nn2)s1. The molecule has 6 aromatic heterocycles. The number of hydrogen-bond acceptors (Lipinski definition) is 14. The third-order valence-electron chi connectivity index (χ3n) is 11.1. The summed E-state index contributed by atoms with van der Waals surface area (Å²) in [6, 6.07) is 12.8. The van der Waals surface area contributed by atoms with Crippen LogP contribution in [0.15, 0.2) is 73.3 Å². The summed E-state index contributed by atoms with van der Waals surface area (Å²) in [6.45, 7) is 18.4. The molecule has 2 aliphatic carbocycles.